The number of aryl methyl sites for hydroxylation is 1. The summed E-state index contributed by atoms with van der Waals surface area (Å²) < 4.78 is 10.7. The smallest absolute Gasteiger partial charge is 0.231 e. The van der Waals surface area contributed by atoms with E-state index in [1.807, 2.05) is 24.4 Å². The van der Waals surface area contributed by atoms with E-state index in [4.69, 9.17) is 9.47 Å². The summed E-state index contributed by atoms with van der Waals surface area (Å²) in [6.45, 7) is 4.59. The molecule has 3 heterocycles. The van der Waals surface area contributed by atoms with Gasteiger partial charge in [-0.25, -0.2) is 0 Å². The lowest BCUT2D eigenvalue weighted by Crippen LogP contribution is -2.18. The quantitative estimate of drug-likeness (QED) is 0.912. The molecule has 0 saturated heterocycles. The summed E-state index contributed by atoms with van der Waals surface area (Å²) >= 11 is 1.79. The molecular formula is C17H16N2O2S. The standard InChI is InChI=1S/C17H16N2O2S/c1-10-11(2)22-17-13(10)8-18-16(19-17)6-4-12-3-5-14-15(7-12)21-9-20-14/h3-8,16,19H,9H2,1-2H3/b6-4+/t16-/m1/s1. The number of aliphatic imine (C=N–C) groups is 1. The van der Waals surface area contributed by atoms with Gasteiger partial charge in [-0.3, -0.25) is 4.99 Å². The van der Waals surface area contributed by atoms with Crippen LogP contribution < -0.4 is 14.8 Å². The summed E-state index contributed by atoms with van der Waals surface area (Å²) in [6.07, 6.45) is 6.05. The van der Waals surface area contributed by atoms with E-state index in [9.17, 15) is 0 Å². The minimum absolute atomic E-state index is 0.0321. The number of nitrogens with one attached hydrogen (secondary N) is 1. The van der Waals surface area contributed by atoms with E-state index in [0.29, 0.717) is 6.79 Å². The highest BCUT2D eigenvalue weighted by Gasteiger charge is 2.17. The second-order valence-corrected chi connectivity index (χ2v) is 6.59. The van der Waals surface area contributed by atoms with Gasteiger partial charge in [0.05, 0.1) is 5.00 Å². The third kappa shape index (κ3) is 2.27. The Labute approximate surface area is 133 Å². The fraction of sp³-hybridized carbons (Fsp3) is 0.235. The molecule has 0 saturated carbocycles. The molecule has 4 nitrogen and oxygen atoms in total. The molecule has 112 valence electrons. The molecule has 0 amide bonds. The number of ether oxygens (including phenoxy) is 2. The molecule has 0 fully saturated rings. The van der Waals surface area contributed by atoms with Crippen LogP contribution in [0.15, 0.2) is 29.3 Å². The average molecular weight is 312 g/mol. The molecule has 2 aliphatic rings. The van der Waals surface area contributed by atoms with Crippen LogP contribution in [0, 0.1) is 13.8 Å². The van der Waals surface area contributed by atoms with Gasteiger partial charge in [0.1, 0.15) is 6.17 Å². The molecule has 0 bridgehead atoms. The first-order valence-electron chi connectivity index (χ1n) is 7.18. The molecule has 2 aromatic rings. The van der Waals surface area contributed by atoms with Crippen molar-refractivity contribution in [2.24, 2.45) is 4.99 Å². The number of benzene rings is 1. The van der Waals surface area contributed by atoms with Crippen molar-refractivity contribution in [1.29, 1.82) is 0 Å². The lowest BCUT2D eigenvalue weighted by atomic mass is 10.1. The van der Waals surface area contributed by atoms with Gasteiger partial charge < -0.3 is 14.8 Å². The molecule has 2 aliphatic heterocycles. The van der Waals surface area contributed by atoms with E-state index >= 15 is 0 Å². The molecule has 1 aromatic carbocycles. The molecule has 1 atom stereocenters. The van der Waals surface area contributed by atoms with Crippen molar-refractivity contribution in [1.82, 2.24) is 0 Å². The normalized spacial score (nSPS) is 18.5. The third-order valence-electron chi connectivity index (χ3n) is 3.94. The minimum Gasteiger partial charge on any atom is -0.454 e. The lowest BCUT2D eigenvalue weighted by Gasteiger charge is -2.16. The second-order valence-electron chi connectivity index (χ2n) is 5.37. The lowest BCUT2D eigenvalue weighted by molar-refractivity contribution is 0.174. The average Bonchev–Trinajstić information content (AvgIpc) is 3.10. The molecule has 4 rings (SSSR count). The van der Waals surface area contributed by atoms with Gasteiger partial charge in [0, 0.05) is 16.7 Å². The number of rotatable bonds is 2. The molecule has 0 unspecified atom stereocenters. The molecule has 1 N–H and O–H groups in total. The fourth-order valence-electron chi connectivity index (χ4n) is 2.55. The molecule has 22 heavy (non-hydrogen) atoms. The summed E-state index contributed by atoms with van der Waals surface area (Å²) in [5.41, 5.74) is 3.61. The van der Waals surface area contributed by atoms with E-state index in [-0.39, 0.29) is 6.17 Å². The van der Waals surface area contributed by atoms with Crippen LogP contribution in [-0.4, -0.2) is 19.2 Å². The van der Waals surface area contributed by atoms with Crippen molar-refractivity contribution < 1.29 is 9.47 Å². The number of hydrogen-bond acceptors (Lipinski definition) is 5. The zero-order valence-electron chi connectivity index (χ0n) is 12.4. The Morgan fingerprint density at radius 3 is 3.05 bits per heavy atom. The minimum atomic E-state index is -0.0321. The van der Waals surface area contributed by atoms with Crippen LogP contribution in [0.5, 0.6) is 11.5 Å². The van der Waals surface area contributed by atoms with Crippen LogP contribution in [0.3, 0.4) is 0 Å². The molecule has 5 heteroatoms. The molecule has 0 aliphatic carbocycles. The Kier molecular flexibility index (Phi) is 3.15. The Hall–Kier alpha value is -2.27. The van der Waals surface area contributed by atoms with Gasteiger partial charge >= 0.3 is 0 Å². The third-order valence-corrected chi connectivity index (χ3v) is 5.10. The van der Waals surface area contributed by atoms with Crippen molar-refractivity contribution >= 4 is 28.6 Å². The monoisotopic (exact) mass is 312 g/mol. The molecular weight excluding hydrogens is 296 g/mol. The van der Waals surface area contributed by atoms with Crippen LogP contribution in [0.25, 0.3) is 6.08 Å². The Morgan fingerprint density at radius 2 is 2.14 bits per heavy atom. The SMILES string of the molecule is Cc1sc2c(c1C)C=N[C@@H](/C=C/c1ccc3c(c1)OCO3)N2. The summed E-state index contributed by atoms with van der Waals surface area (Å²) in [7, 11) is 0. The number of hydrogen-bond donors (Lipinski definition) is 1. The van der Waals surface area contributed by atoms with Gasteiger partial charge in [-0.05, 0) is 43.2 Å². The number of nitrogens with zero attached hydrogens (tertiary/aromatic N) is 1. The van der Waals surface area contributed by atoms with E-state index in [0.717, 1.165) is 17.1 Å². The second kappa shape index (κ2) is 5.18. The topological polar surface area (TPSA) is 42.9 Å². The Morgan fingerprint density at radius 1 is 1.27 bits per heavy atom. The maximum atomic E-state index is 5.39. The first-order chi connectivity index (χ1) is 10.7. The predicted octanol–water partition coefficient (Wildman–Crippen LogP) is 3.98. The largest absolute Gasteiger partial charge is 0.454 e. The van der Waals surface area contributed by atoms with Crippen molar-refractivity contribution in [3.8, 4) is 11.5 Å². The van der Waals surface area contributed by atoms with Gasteiger partial charge in [0.2, 0.25) is 6.79 Å². The van der Waals surface area contributed by atoms with Gasteiger partial charge in [0.25, 0.3) is 0 Å². The van der Waals surface area contributed by atoms with E-state index in [1.54, 1.807) is 11.3 Å². The van der Waals surface area contributed by atoms with Crippen molar-refractivity contribution in [3.05, 3.63) is 45.8 Å². The highest BCUT2D eigenvalue weighted by atomic mass is 32.1. The van der Waals surface area contributed by atoms with Crippen LogP contribution >= 0.6 is 11.3 Å². The summed E-state index contributed by atoms with van der Waals surface area (Å²) in [4.78, 5) is 5.90. The Balaban J connectivity index is 1.53. The highest BCUT2D eigenvalue weighted by molar-refractivity contribution is 7.16. The van der Waals surface area contributed by atoms with Gasteiger partial charge in [0.15, 0.2) is 11.5 Å². The first kappa shape index (κ1) is 13.4. The van der Waals surface area contributed by atoms with Crippen LogP contribution in [0.1, 0.15) is 21.6 Å². The van der Waals surface area contributed by atoms with Gasteiger partial charge in [-0.15, -0.1) is 11.3 Å². The van der Waals surface area contributed by atoms with Crippen LogP contribution in [0.4, 0.5) is 5.00 Å². The van der Waals surface area contributed by atoms with E-state index < -0.39 is 0 Å². The van der Waals surface area contributed by atoms with Crippen LogP contribution in [0.2, 0.25) is 0 Å². The van der Waals surface area contributed by atoms with Crippen molar-refractivity contribution in [3.63, 3.8) is 0 Å². The van der Waals surface area contributed by atoms with Crippen LogP contribution in [-0.2, 0) is 0 Å². The molecule has 1 aromatic heterocycles. The highest BCUT2D eigenvalue weighted by Crippen LogP contribution is 2.35. The number of thiophene rings is 1. The predicted molar refractivity (Wildman–Crippen MR) is 90.4 cm³/mol. The van der Waals surface area contributed by atoms with Crippen molar-refractivity contribution in [2.75, 3.05) is 12.1 Å². The summed E-state index contributed by atoms with van der Waals surface area (Å²) in [5.74, 6) is 1.61. The summed E-state index contributed by atoms with van der Waals surface area (Å²) in [5, 5.41) is 4.66. The van der Waals surface area contributed by atoms with Gasteiger partial charge in [-0.1, -0.05) is 12.1 Å². The van der Waals surface area contributed by atoms with Crippen molar-refractivity contribution in [2.45, 2.75) is 20.0 Å². The number of fused-ring (bicyclic) bond motifs is 2. The maximum Gasteiger partial charge on any atom is 0.231 e. The molecule has 0 spiro atoms. The van der Waals surface area contributed by atoms with E-state index in [1.165, 1.54) is 21.0 Å². The fourth-order valence-corrected chi connectivity index (χ4v) is 3.62. The number of anilines is 1. The van der Waals surface area contributed by atoms with E-state index in [2.05, 4.69) is 36.3 Å². The first-order valence-corrected chi connectivity index (χ1v) is 8.00. The zero-order valence-corrected chi connectivity index (χ0v) is 13.2. The summed E-state index contributed by atoms with van der Waals surface area (Å²) in [6, 6.07) is 5.93. The van der Waals surface area contributed by atoms with Gasteiger partial charge in [-0.2, -0.15) is 0 Å². The zero-order chi connectivity index (χ0) is 15.1. The molecule has 0 radical (unpaired) electrons. The Bertz CT molecular complexity index is 792. The maximum absolute atomic E-state index is 5.39.